The molecule has 0 spiro atoms. The van der Waals surface area contributed by atoms with Crippen molar-refractivity contribution in [3.8, 4) is 0 Å². The molecule has 0 aliphatic carbocycles. The molecular weight excluding hydrogens is 226 g/mol. The molecule has 1 heterocycles. The molecule has 1 aliphatic rings. The Morgan fingerprint density at radius 2 is 2.00 bits per heavy atom. The van der Waals surface area contributed by atoms with Crippen LogP contribution in [-0.2, 0) is 4.79 Å². The van der Waals surface area contributed by atoms with Crippen molar-refractivity contribution in [1.82, 2.24) is 0 Å². The van der Waals surface area contributed by atoms with Gasteiger partial charge < -0.3 is 10.0 Å². The van der Waals surface area contributed by atoms with E-state index in [1.807, 2.05) is 32.0 Å². The fourth-order valence-electron chi connectivity index (χ4n) is 2.84. The van der Waals surface area contributed by atoms with Gasteiger partial charge in [-0.25, -0.2) is 0 Å². The van der Waals surface area contributed by atoms with E-state index >= 15 is 0 Å². The van der Waals surface area contributed by atoms with Crippen LogP contribution in [0.15, 0.2) is 30.3 Å². The van der Waals surface area contributed by atoms with Crippen LogP contribution >= 0.6 is 0 Å². The summed E-state index contributed by atoms with van der Waals surface area (Å²) in [6.07, 6.45) is 1.72. The minimum Gasteiger partial charge on any atom is -0.481 e. The zero-order valence-electron chi connectivity index (χ0n) is 11.1. The molecule has 1 aromatic carbocycles. The van der Waals surface area contributed by atoms with E-state index in [-0.39, 0.29) is 5.92 Å². The highest BCUT2D eigenvalue weighted by atomic mass is 16.4. The summed E-state index contributed by atoms with van der Waals surface area (Å²) in [6, 6.07) is 10.1. The third kappa shape index (κ3) is 2.22. The molecular formula is C15H21NO2. The van der Waals surface area contributed by atoms with E-state index in [2.05, 4.69) is 17.0 Å². The van der Waals surface area contributed by atoms with Crippen molar-refractivity contribution in [1.29, 1.82) is 0 Å². The van der Waals surface area contributed by atoms with Crippen LogP contribution in [0.25, 0.3) is 0 Å². The van der Waals surface area contributed by atoms with Gasteiger partial charge in [-0.15, -0.1) is 0 Å². The molecule has 0 amide bonds. The molecule has 0 aromatic heterocycles. The summed E-state index contributed by atoms with van der Waals surface area (Å²) in [5.41, 5.74) is 0.525. The van der Waals surface area contributed by atoms with Gasteiger partial charge in [0.2, 0.25) is 0 Å². The molecule has 2 rings (SSSR count). The van der Waals surface area contributed by atoms with E-state index in [1.54, 1.807) is 0 Å². The first-order chi connectivity index (χ1) is 8.56. The topological polar surface area (TPSA) is 40.5 Å². The minimum atomic E-state index is -0.655. The summed E-state index contributed by atoms with van der Waals surface area (Å²) in [5, 5.41) is 9.60. The van der Waals surface area contributed by atoms with Crippen molar-refractivity contribution in [3.05, 3.63) is 30.3 Å². The van der Waals surface area contributed by atoms with Gasteiger partial charge in [-0.1, -0.05) is 32.0 Å². The maximum atomic E-state index is 11.7. The Morgan fingerprint density at radius 1 is 1.33 bits per heavy atom. The van der Waals surface area contributed by atoms with Crippen LogP contribution in [0.1, 0.15) is 26.7 Å². The molecule has 1 atom stereocenters. The molecule has 0 saturated carbocycles. The number of carboxylic acids is 1. The summed E-state index contributed by atoms with van der Waals surface area (Å²) in [6.45, 7) is 5.60. The zero-order chi connectivity index (χ0) is 13.2. The number of benzene rings is 1. The van der Waals surface area contributed by atoms with Gasteiger partial charge in [0.1, 0.15) is 0 Å². The Balaban J connectivity index is 2.25. The molecule has 3 heteroatoms. The van der Waals surface area contributed by atoms with E-state index in [0.717, 1.165) is 25.1 Å². The maximum Gasteiger partial charge on any atom is 0.311 e. The zero-order valence-corrected chi connectivity index (χ0v) is 11.1. The standard InChI is InChI=1S/C15H21NO2/c1-12(2)15(14(17)18)9-6-10-16(11-15)13-7-4-3-5-8-13/h3-5,7-8,12H,6,9-11H2,1-2H3,(H,17,18). The molecule has 1 N–H and O–H groups in total. The maximum absolute atomic E-state index is 11.7. The highest BCUT2D eigenvalue weighted by molar-refractivity contribution is 5.76. The van der Waals surface area contributed by atoms with Gasteiger partial charge in [0.05, 0.1) is 5.41 Å². The fourth-order valence-corrected chi connectivity index (χ4v) is 2.84. The summed E-state index contributed by atoms with van der Waals surface area (Å²) in [4.78, 5) is 13.9. The van der Waals surface area contributed by atoms with Gasteiger partial charge >= 0.3 is 5.97 Å². The third-order valence-electron chi connectivity index (χ3n) is 4.18. The lowest BCUT2D eigenvalue weighted by atomic mass is 9.71. The highest BCUT2D eigenvalue weighted by Crippen LogP contribution is 2.39. The van der Waals surface area contributed by atoms with Gasteiger partial charge in [0.15, 0.2) is 0 Å². The third-order valence-corrected chi connectivity index (χ3v) is 4.18. The molecule has 3 nitrogen and oxygen atoms in total. The van der Waals surface area contributed by atoms with Gasteiger partial charge in [-0.2, -0.15) is 0 Å². The Bertz CT molecular complexity index is 416. The molecule has 1 aromatic rings. The van der Waals surface area contributed by atoms with Gasteiger partial charge in [0.25, 0.3) is 0 Å². The second kappa shape index (κ2) is 5.01. The average molecular weight is 247 g/mol. The second-order valence-electron chi connectivity index (χ2n) is 5.48. The highest BCUT2D eigenvalue weighted by Gasteiger charge is 2.45. The Hall–Kier alpha value is -1.51. The Kier molecular flexibility index (Phi) is 3.60. The number of hydrogen-bond acceptors (Lipinski definition) is 2. The molecule has 1 saturated heterocycles. The molecule has 98 valence electrons. The molecule has 18 heavy (non-hydrogen) atoms. The number of carbonyl (C=O) groups is 1. The van der Waals surface area contributed by atoms with Crippen molar-refractivity contribution in [2.75, 3.05) is 18.0 Å². The molecule has 1 fully saturated rings. The molecule has 0 radical (unpaired) electrons. The summed E-state index contributed by atoms with van der Waals surface area (Å²) >= 11 is 0. The summed E-state index contributed by atoms with van der Waals surface area (Å²) in [7, 11) is 0. The summed E-state index contributed by atoms with van der Waals surface area (Å²) < 4.78 is 0. The van der Waals surface area contributed by atoms with Crippen LogP contribution < -0.4 is 4.90 Å². The lowest BCUT2D eigenvalue weighted by Gasteiger charge is -2.43. The van der Waals surface area contributed by atoms with E-state index < -0.39 is 11.4 Å². The summed E-state index contributed by atoms with van der Waals surface area (Å²) in [5.74, 6) is -0.500. The van der Waals surface area contributed by atoms with Crippen LogP contribution in [0.2, 0.25) is 0 Å². The van der Waals surface area contributed by atoms with Crippen molar-refractivity contribution in [2.24, 2.45) is 11.3 Å². The van der Waals surface area contributed by atoms with Gasteiger partial charge in [-0.05, 0) is 30.9 Å². The minimum absolute atomic E-state index is 0.154. The number of anilines is 1. The number of piperidine rings is 1. The Labute approximate surface area is 108 Å². The van der Waals surface area contributed by atoms with Crippen LogP contribution in [0.4, 0.5) is 5.69 Å². The van der Waals surface area contributed by atoms with E-state index in [9.17, 15) is 9.90 Å². The quantitative estimate of drug-likeness (QED) is 0.892. The number of aliphatic carboxylic acids is 1. The van der Waals surface area contributed by atoms with Gasteiger partial charge in [-0.3, -0.25) is 4.79 Å². The van der Waals surface area contributed by atoms with E-state index in [4.69, 9.17) is 0 Å². The second-order valence-corrected chi connectivity index (χ2v) is 5.48. The number of hydrogen-bond donors (Lipinski definition) is 1. The first-order valence-electron chi connectivity index (χ1n) is 6.59. The van der Waals surface area contributed by atoms with E-state index in [0.29, 0.717) is 6.54 Å². The lowest BCUT2D eigenvalue weighted by Crippen LogP contribution is -2.50. The van der Waals surface area contributed by atoms with Crippen LogP contribution in [0.5, 0.6) is 0 Å². The van der Waals surface area contributed by atoms with Crippen LogP contribution in [0.3, 0.4) is 0 Å². The van der Waals surface area contributed by atoms with Crippen molar-refractivity contribution in [2.45, 2.75) is 26.7 Å². The monoisotopic (exact) mass is 247 g/mol. The van der Waals surface area contributed by atoms with E-state index in [1.165, 1.54) is 0 Å². The van der Waals surface area contributed by atoms with Crippen molar-refractivity contribution < 1.29 is 9.90 Å². The molecule has 1 aliphatic heterocycles. The predicted octanol–water partition coefficient (Wildman–Crippen LogP) is 3.01. The first-order valence-corrected chi connectivity index (χ1v) is 6.59. The van der Waals surface area contributed by atoms with Crippen molar-refractivity contribution in [3.63, 3.8) is 0 Å². The lowest BCUT2D eigenvalue weighted by molar-refractivity contribution is -0.152. The predicted molar refractivity (Wildman–Crippen MR) is 72.8 cm³/mol. The number of para-hydroxylation sites is 1. The van der Waals surface area contributed by atoms with Crippen LogP contribution in [0, 0.1) is 11.3 Å². The largest absolute Gasteiger partial charge is 0.481 e. The van der Waals surface area contributed by atoms with Crippen LogP contribution in [-0.4, -0.2) is 24.2 Å². The number of carboxylic acid groups (broad SMARTS) is 1. The fraction of sp³-hybridized carbons (Fsp3) is 0.533. The number of rotatable bonds is 3. The first kappa shape index (κ1) is 12.9. The number of nitrogens with zero attached hydrogens (tertiary/aromatic N) is 1. The molecule has 0 bridgehead atoms. The average Bonchev–Trinajstić information content (AvgIpc) is 2.39. The van der Waals surface area contributed by atoms with Gasteiger partial charge in [0, 0.05) is 18.8 Å². The SMILES string of the molecule is CC(C)C1(C(=O)O)CCCN(c2ccccc2)C1. The smallest absolute Gasteiger partial charge is 0.311 e. The van der Waals surface area contributed by atoms with Crippen molar-refractivity contribution >= 4 is 11.7 Å². The Morgan fingerprint density at radius 3 is 2.56 bits per heavy atom. The normalized spacial score (nSPS) is 24.3. The molecule has 1 unspecified atom stereocenters.